The molecule has 2 heterocycles. The number of hydrogen-bond acceptors (Lipinski definition) is 6. The van der Waals surface area contributed by atoms with E-state index in [-0.39, 0.29) is 17.5 Å². The van der Waals surface area contributed by atoms with Crippen molar-refractivity contribution in [2.24, 2.45) is 0 Å². The summed E-state index contributed by atoms with van der Waals surface area (Å²) >= 11 is 1.22. The van der Waals surface area contributed by atoms with E-state index in [0.29, 0.717) is 31.9 Å². The van der Waals surface area contributed by atoms with Crippen molar-refractivity contribution in [3.63, 3.8) is 0 Å². The van der Waals surface area contributed by atoms with Gasteiger partial charge in [0.15, 0.2) is 0 Å². The van der Waals surface area contributed by atoms with Crippen LogP contribution in [0.5, 0.6) is 0 Å². The maximum absolute atomic E-state index is 13.1. The van der Waals surface area contributed by atoms with Crippen LogP contribution in [0.3, 0.4) is 0 Å². The molecule has 30 heavy (non-hydrogen) atoms. The number of anilines is 1. The Kier molecular flexibility index (Phi) is 5.67. The molecule has 3 aromatic rings. The quantitative estimate of drug-likeness (QED) is 0.629. The molecule has 0 bridgehead atoms. The molecule has 1 aromatic carbocycles. The van der Waals surface area contributed by atoms with E-state index >= 15 is 0 Å². The average Bonchev–Trinajstić information content (AvgIpc) is 3.12. The number of aromatic nitrogens is 2. The van der Waals surface area contributed by atoms with Crippen molar-refractivity contribution in [2.75, 3.05) is 12.4 Å². The minimum absolute atomic E-state index is 0.0675. The number of amides is 1. The number of ether oxygens (including phenoxy) is 1. The van der Waals surface area contributed by atoms with Crippen LogP contribution in [-0.4, -0.2) is 28.5 Å². The molecule has 1 fully saturated rings. The van der Waals surface area contributed by atoms with E-state index in [4.69, 9.17) is 0 Å². The lowest BCUT2D eigenvalue weighted by atomic mass is 9.95. The molecule has 0 spiro atoms. The Labute approximate surface area is 177 Å². The smallest absolute Gasteiger partial charge is 0.337 e. The first-order valence-corrected chi connectivity index (χ1v) is 10.8. The van der Waals surface area contributed by atoms with Crippen LogP contribution in [-0.2, 0) is 4.74 Å². The number of aryl methyl sites for hydroxylation is 1. The highest BCUT2D eigenvalue weighted by atomic mass is 32.1. The molecular formula is C22H23N3O4S. The Hall–Kier alpha value is -3.00. The predicted octanol–water partition coefficient (Wildman–Crippen LogP) is 4.31. The predicted molar refractivity (Wildman–Crippen MR) is 116 cm³/mol. The summed E-state index contributed by atoms with van der Waals surface area (Å²) in [6.07, 6.45) is 7.07. The van der Waals surface area contributed by atoms with Crippen molar-refractivity contribution < 1.29 is 14.3 Å². The summed E-state index contributed by atoms with van der Waals surface area (Å²) < 4.78 is 6.42. The highest BCUT2D eigenvalue weighted by molar-refractivity contribution is 7.20. The van der Waals surface area contributed by atoms with Gasteiger partial charge in [-0.05, 0) is 49.6 Å². The first kappa shape index (κ1) is 20.3. The summed E-state index contributed by atoms with van der Waals surface area (Å²) in [5, 5.41) is 3.35. The minimum atomic E-state index is -0.437. The number of rotatable bonds is 4. The van der Waals surface area contributed by atoms with Gasteiger partial charge in [0.1, 0.15) is 4.83 Å². The summed E-state index contributed by atoms with van der Waals surface area (Å²) in [6.45, 7) is 1.79. The Balaban J connectivity index is 1.61. The number of nitrogens with zero attached hydrogens (tertiary/aromatic N) is 2. The molecule has 0 unspecified atom stereocenters. The normalized spacial score (nSPS) is 14.6. The highest BCUT2D eigenvalue weighted by Crippen LogP contribution is 2.30. The van der Waals surface area contributed by atoms with Gasteiger partial charge in [0, 0.05) is 11.7 Å². The summed E-state index contributed by atoms with van der Waals surface area (Å²) in [4.78, 5) is 43.0. The van der Waals surface area contributed by atoms with Crippen LogP contribution in [0.25, 0.3) is 10.2 Å². The van der Waals surface area contributed by atoms with E-state index in [1.54, 1.807) is 42.1 Å². The van der Waals surface area contributed by atoms with E-state index in [1.807, 2.05) is 0 Å². The Bertz CT molecular complexity index is 1160. The molecule has 0 atom stereocenters. The van der Waals surface area contributed by atoms with Crippen molar-refractivity contribution >= 4 is 39.1 Å². The topological polar surface area (TPSA) is 90.3 Å². The van der Waals surface area contributed by atoms with Gasteiger partial charge in [-0.1, -0.05) is 19.3 Å². The van der Waals surface area contributed by atoms with Crippen LogP contribution in [0.15, 0.2) is 35.4 Å². The monoisotopic (exact) mass is 425 g/mol. The number of esters is 1. The summed E-state index contributed by atoms with van der Waals surface area (Å²) in [5.74, 6) is -0.738. The van der Waals surface area contributed by atoms with Crippen LogP contribution < -0.4 is 10.9 Å². The molecule has 8 heteroatoms. The van der Waals surface area contributed by atoms with Gasteiger partial charge in [-0.3, -0.25) is 14.2 Å². The zero-order chi connectivity index (χ0) is 21.3. The second-order valence-electron chi connectivity index (χ2n) is 7.51. The molecule has 0 aliphatic heterocycles. The summed E-state index contributed by atoms with van der Waals surface area (Å²) in [7, 11) is 1.32. The fourth-order valence-corrected chi connectivity index (χ4v) is 5.00. The third-order valence-corrected chi connectivity index (χ3v) is 6.81. The molecular weight excluding hydrogens is 402 g/mol. The number of hydrogen-bond donors (Lipinski definition) is 1. The third kappa shape index (κ3) is 3.75. The van der Waals surface area contributed by atoms with Gasteiger partial charge in [-0.15, -0.1) is 11.3 Å². The number of benzene rings is 1. The lowest BCUT2D eigenvalue weighted by Gasteiger charge is -2.23. The Morgan fingerprint density at radius 3 is 2.53 bits per heavy atom. The summed E-state index contributed by atoms with van der Waals surface area (Å²) in [5.41, 5.74) is 1.54. The van der Waals surface area contributed by atoms with Gasteiger partial charge in [0.25, 0.3) is 11.5 Å². The van der Waals surface area contributed by atoms with Gasteiger partial charge in [-0.2, -0.15) is 0 Å². The largest absolute Gasteiger partial charge is 0.465 e. The Morgan fingerprint density at radius 1 is 1.17 bits per heavy atom. The molecule has 2 aromatic heterocycles. The summed E-state index contributed by atoms with van der Waals surface area (Å²) in [6, 6.07) is 6.64. The first-order valence-electron chi connectivity index (χ1n) is 9.99. The average molecular weight is 426 g/mol. The number of carbonyl (C=O) groups excluding carboxylic acids is 2. The molecule has 1 aliphatic carbocycles. The lowest BCUT2D eigenvalue weighted by molar-refractivity contribution is 0.0600. The van der Waals surface area contributed by atoms with E-state index in [9.17, 15) is 14.4 Å². The van der Waals surface area contributed by atoms with E-state index in [1.165, 1.54) is 24.9 Å². The lowest BCUT2D eigenvalue weighted by Crippen LogP contribution is -2.26. The van der Waals surface area contributed by atoms with Crippen molar-refractivity contribution in [1.29, 1.82) is 0 Å². The molecule has 0 radical (unpaired) electrons. The number of methoxy groups -OCH3 is 1. The molecule has 1 aliphatic rings. The maximum atomic E-state index is 13.1. The first-order chi connectivity index (χ1) is 14.5. The molecule has 1 N–H and O–H groups in total. The highest BCUT2D eigenvalue weighted by Gasteiger charge is 2.23. The maximum Gasteiger partial charge on any atom is 0.337 e. The van der Waals surface area contributed by atoms with Crippen LogP contribution in [0.4, 0.5) is 5.69 Å². The number of carbonyl (C=O) groups is 2. The van der Waals surface area contributed by atoms with Gasteiger partial charge >= 0.3 is 5.97 Å². The number of thiophene rings is 1. The van der Waals surface area contributed by atoms with Crippen molar-refractivity contribution in [3.05, 3.63) is 57.0 Å². The molecule has 156 valence electrons. The molecule has 1 saturated carbocycles. The molecule has 1 amide bonds. The minimum Gasteiger partial charge on any atom is -0.465 e. The molecule has 7 nitrogen and oxygen atoms in total. The van der Waals surface area contributed by atoms with Crippen molar-refractivity contribution in [1.82, 2.24) is 9.55 Å². The van der Waals surface area contributed by atoms with Gasteiger partial charge < -0.3 is 10.1 Å². The van der Waals surface area contributed by atoms with Gasteiger partial charge in [-0.25, -0.2) is 9.78 Å². The molecule has 4 rings (SSSR count). The second-order valence-corrected chi connectivity index (χ2v) is 8.51. The molecule has 0 saturated heterocycles. The third-order valence-electron chi connectivity index (χ3n) is 5.61. The zero-order valence-electron chi connectivity index (χ0n) is 16.9. The van der Waals surface area contributed by atoms with Crippen LogP contribution in [0.1, 0.15) is 63.7 Å². The van der Waals surface area contributed by atoms with Crippen LogP contribution in [0.2, 0.25) is 0 Å². The van der Waals surface area contributed by atoms with E-state index < -0.39 is 5.97 Å². The van der Waals surface area contributed by atoms with E-state index in [2.05, 4.69) is 15.0 Å². The standard InChI is InChI=1S/C22H23N3O4S/c1-13-17-20(23-12-25(21(17)27)16-6-4-3-5-7-16)30-18(13)19(26)24-15-10-8-14(9-11-15)22(28)29-2/h8-12,16H,3-7H2,1-2H3,(H,24,26). The fourth-order valence-electron chi connectivity index (χ4n) is 3.97. The van der Waals surface area contributed by atoms with Gasteiger partial charge in [0.2, 0.25) is 0 Å². The SMILES string of the molecule is COC(=O)c1ccc(NC(=O)c2sc3ncn(C4CCCCC4)c(=O)c3c2C)cc1. The van der Waals surface area contributed by atoms with Crippen LogP contribution >= 0.6 is 11.3 Å². The zero-order valence-corrected chi connectivity index (χ0v) is 17.8. The fraction of sp³-hybridized carbons (Fsp3) is 0.364. The number of nitrogens with one attached hydrogen (secondary N) is 1. The van der Waals surface area contributed by atoms with Gasteiger partial charge in [0.05, 0.1) is 29.3 Å². The second kappa shape index (κ2) is 8.39. The van der Waals surface area contributed by atoms with Crippen molar-refractivity contribution in [3.8, 4) is 0 Å². The Morgan fingerprint density at radius 2 is 1.87 bits per heavy atom. The van der Waals surface area contributed by atoms with Crippen LogP contribution in [0, 0.1) is 6.92 Å². The van der Waals surface area contributed by atoms with Crippen molar-refractivity contribution in [2.45, 2.75) is 45.1 Å². The van der Waals surface area contributed by atoms with E-state index in [0.717, 1.165) is 25.7 Å². The number of fused-ring (bicyclic) bond motifs is 1.